The summed E-state index contributed by atoms with van der Waals surface area (Å²) in [5, 5.41) is 15.3. The summed E-state index contributed by atoms with van der Waals surface area (Å²) in [4.78, 5) is 40.7. The van der Waals surface area contributed by atoms with Gasteiger partial charge in [-0.25, -0.2) is 4.79 Å². The van der Waals surface area contributed by atoms with Crippen LogP contribution in [0.2, 0.25) is 0 Å². The summed E-state index contributed by atoms with van der Waals surface area (Å²) in [6.07, 6.45) is 6.32. The lowest BCUT2D eigenvalue weighted by Gasteiger charge is -2.42. The van der Waals surface area contributed by atoms with Gasteiger partial charge in [0.1, 0.15) is 17.7 Å². The summed E-state index contributed by atoms with van der Waals surface area (Å²) < 4.78 is 5.24. The van der Waals surface area contributed by atoms with E-state index in [1.165, 1.54) is 4.90 Å². The van der Waals surface area contributed by atoms with Crippen molar-refractivity contribution in [2.75, 3.05) is 13.2 Å². The molecule has 0 aromatic heterocycles. The monoisotopic (exact) mass is 473 g/mol. The Kier molecular flexibility index (Phi) is 10.6. The number of benzene rings is 1. The maximum Gasteiger partial charge on any atom is 0.408 e. The van der Waals surface area contributed by atoms with Crippen LogP contribution >= 0.6 is 0 Å². The van der Waals surface area contributed by atoms with Crippen molar-refractivity contribution in [2.45, 2.75) is 84.5 Å². The van der Waals surface area contributed by atoms with Crippen LogP contribution in [0.1, 0.15) is 78.5 Å². The molecule has 1 aromatic carbocycles. The number of nitrogens with zero attached hydrogens (tertiary/aromatic N) is 1. The highest BCUT2D eigenvalue weighted by atomic mass is 16.6. The van der Waals surface area contributed by atoms with Gasteiger partial charge in [0.2, 0.25) is 11.8 Å². The van der Waals surface area contributed by atoms with Crippen molar-refractivity contribution in [1.29, 1.82) is 0 Å². The number of aliphatic hydroxyl groups is 1. The average Bonchev–Trinajstić information content (AvgIpc) is 2.73. The molecule has 0 spiro atoms. The predicted molar refractivity (Wildman–Crippen MR) is 132 cm³/mol. The van der Waals surface area contributed by atoms with Crippen LogP contribution in [0.25, 0.3) is 0 Å². The van der Waals surface area contributed by atoms with Gasteiger partial charge in [0.05, 0.1) is 6.61 Å². The molecular formula is C26H39N3O5. The van der Waals surface area contributed by atoms with Crippen molar-refractivity contribution in [3.8, 4) is 12.3 Å². The van der Waals surface area contributed by atoms with Crippen molar-refractivity contribution in [1.82, 2.24) is 15.5 Å². The molecule has 2 atom stereocenters. The first kappa shape index (κ1) is 29.0. The van der Waals surface area contributed by atoms with Crippen molar-refractivity contribution in [3.05, 3.63) is 35.4 Å². The molecule has 3 amide bonds. The third-order valence-electron chi connectivity index (χ3n) is 4.86. The minimum absolute atomic E-state index is 0.362. The highest BCUT2D eigenvalue weighted by Crippen LogP contribution is 2.30. The highest BCUT2D eigenvalue weighted by molar-refractivity contribution is 5.92. The number of aliphatic hydroxyl groups excluding tert-OH is 1. The van der Waals surface area contributed by atoms with Crippen LogP contribution in [0.5, 0.6) is 0 Å². The zero-order chi connectivity index (χ0) is 26.1. The Morgan fingerprint density at radius 2 is 1.71 bits per heavy atom. The largest absolute Gasteiger partial charge is 0.444 e. The van der Waals surface area contributed by atoms with E-state index in [0.717, 1.165) is 12.8 Å². The molecule has 0 aliphatic carbocycles. The first-order chi connectivity index (χ1) is 15.7. The summed E-state index contributed by atoms with van der Waals surface area (Å²) in [6.45, 7) is 12.3. The van der Waals surface area contributed by atoms with Gasteiger partial charge in [0.25, 0.3) is 0 Å². The van der Waals surface area contributed by atoms with E-state index in [1.54, 1.807) is 65.8 Å². The Balaban J connectivity index is 3.43. The minimum Gasteiger partial charge on any atom is -0.444 e. The topological polar surface area (TPSA) is 108 Å². The molecule has 0 saturated heterocycles. The number of nitrogens with one attached hydrogen (secondary N) is 2. The summed E-state index contributed by atoms with van der Waals surface area (Å²) >= 11 is 0. The Hall–Kier alpha value is -3.05. The fourth-order valence-electron chi connectivity index (χ4n) is 3.31. The van der Waals surface area contributed by atoms with Gasteiger partial charge in [-0.15, -0.1) is 6.42 Å². The SMILES string of the molecule is C#Cc1ccc(C(C(=O)NCCCC)N(C(=O)C(CO)NC(=O)OC(C)(C)C)C(C)(C)C)cc1. The molecule has 0 aliphatic rings. The van der Waals surface area contributed by atoms with Crippen LogP contribution in [0.4, 0.5) is 4.79 Å². The highest BCUT2D eigenvalue weighted by Gasteiger charge is 2.41. The number of rotatable bonds is 9. The first-order valence-corrected chi connectivity index (χ1v) is 11.5. The van der Waals surface area contributed by atoms with Crippen LogP contribution in [0.15, 0.2) is 24.3 Å². The van der Waals surface area contributed by atoms with Crippen LogP contribution in [0.3, 0.4) is 0 Å². The molecule has 0 bridgehead atoms. The molecule has 188 valence electrons. The molecule has 0 fully saturated rings. The Labute approximate surface area is 203 Å². The summed E-state index contributed by atoms with van der Waals surface area (Å²) in [5.74, 6) is 1.56. The second kappa shape index (κ2) is 12.4. The normalized spacial score (nSPS) is 13.3. The number of hydrogen-bond donors (Lipinski definition) is 3. The lowest BCUT2D eigenvalue weighted by atomic mass is 9.95. The lowest BCUT2D eigenvalue weighted by Crippen LogP contribution is -2.59. The fourth-order valence-corrected chi connectivity index (χ4v) is 3.31. The van der Waals surface area contributed by atoms with Crippen molar-refractivity contribution < 1.29 is 24.2 Å². The summed E-state index contributed by atoms with van der Waals surface area (Å²) in [5.41, 5.74) is -0.415. The number of hydrogen-bond acceptors (Lipinski definition) is 5. The Morgan fingerprint density at radius 3 is 2.15 bits per heavy atom. The van der Waals surface area contributed by atoms with E-state index in [2.05, 4.69) is 16.6 Å². The number of unbranched alkanes of at least 4 members (excludes halogenated alkanes) is 1. The van der Waals surface area contributed by atoms with Crippen LogP contribution in [-0.2, 0) is 14.3 Å². The van der Waals surface area contributed by atoms with E-state index in [9.17, 15) is 19.5 Å². The van der Waals surface area contributed by atoms with Gasteiger partial charge in [-0.1, -0.05) is 31.4 Å². The summed E-state index contributed by atoms with van der Waals surface area (Å²) in [7, 11) is 0. The van der Waals surface area contributed by atoms with Crippen molar-refractivity contribution in [2.24, 2.45) is 0 Å². The third kappa shape index (κ3) is 8.71. The molecule has 3 N–H and O–H groups in total. The van der Waals surface area contributed by atoms with Crippen LogP contribution in [-0.4, -0.2) is 58.2 Å². The van der Waals surface area contributed by atoms with E-state index in [4.69, 9.17) is 11.2 Å². The lowest BCUT2D eigenvalue weighted by molar-refractivity contribution is -0.149. The molecule has 8 heteroatoms. The van der Waals surface area contributed by atoms with Gasteiger partial charge in [0.15, 0.2) is 0 Å². The van der Waals surface area contributed by atoms with Crippen molar-refractivity contribution in [3.63, 3.8) is 0 Å². The smallest absolute Gasteiger partial charge is 0.408 e. The number of amides is 3. The molecule has 1 aromatic rings. The second-order valence-electron chi connectivity index (χ2n) is 10.1. The van der Waals surface area contributed by atoms with Gasteiger partial charge < -0.3 is 25.4 Å². The Morgan fingerprint density at radius 1 is 1.12 bits per heavy atom. The minimum atomic E-state index is -1.30. The zero-order valence-electron chi connectivity index (χ0n) is 21.4. The number of carbonyl (C=O) groups is 3. The molecular weight excluding hydrogens is 434 g/mol. The maximum absolute atomic E-state index is 13.7. The third-order valence-corrected chi connectivity index (χ3v) is 4.86. The quantitative estimate of drug-likeness (QED) is 0.377. The van der Waals surface area contributed by atoms with Gasteiger partial charge in [-0.05, 0) is 65.7 Å². The van der Waals surface area contributed by atoms with Gasteiger partial charge in [-0.3, -0.25) is 9.59 Å². The molecule has 1 rings (SSSR count). The van der Waals surface area contributed by atoms with E-state index >= 15 is 0 Å². The molecule has 0 aliphatic heterocycles. The van der Waals surface area contributed by atoms with E-state index in [0.29, 0.717) is 17.7 Å². The average molecular weight is 474 g/mol. The Bertz CT molecular complexity index is 876. The molecule has 0 radical (unpaired) electrons. The summed E-state index contributed by atoms with van der Waals surface area (Å²) in [6, 6.07) is 4.52. The van der Waals surface area contributed by atoms with E-state index in [1.807, 2.05) is 6.92 Å². The molecule has 34 heavy (non-hydrogen) atoms. The fraction of sp³-hybridized carbons (Fsp3) is 0.577. The standard InChI is InChI=1S/C26H39N3O5/c1-9-11-16-27-22(31)21(19-14-12-18(10-2)13-15-19)29(25(3,4)5)23(32)20(17-30)28-24(33)34-26(6,7)8/h2,12-15,20-21,30H,9,11,16-17H2,1,3-8H3,(H,27,31)(H,28,33). The zero-order valence-corrected chi connectivity index (χ0v) is 21.4. The second-order valence-corrected chi connectivity index (χ2v) is 10.1. The number of ether oxygens (including phenoxy) is 1. The number of alkyl carbamates (subject to hydrolysis) is 1. The predicted octanol–water partition coefficient (Wildman–Crippen LogP) is 3.14. The molecule has 8 nitrogen and oxygen atoms in total. The molecule has 0 saturated carbocycles. The van der Waals surface area contributed by atoms with E-state index in [-0.39, 0.29) is 5.91 Å². The first-order valence-electron chi connectivity index (χ1n) is 11.5. The molecule has 0 heterocycles. The van der Waals surface area contributed by atoms with Crippen molar-refractivity contribution >= 4 is 17.9 Å². The van der Waals surface area contributed by atoms with Gasteiger partial charge >= 0.3 is 6.09 Å². The van der Waals surface area contributed by atoms with Crippen LogP contribution < -0.4 is 10.6 Å². The van der Waals surface area contributed by atoms with Gasteiger partial charge in [-0.2, -0.15) is 0 Å². The number of carbonyl (C=O) groups excluding carboxylic acids is 3. The number of terminal acetylenes is 1. The van der Waals surface area contributed by atoms with Gasteiger partial charge in [0, 0.05) is 17.6 Å². The van der Waals surface area contributed by atoms with E-state index < -0.39 is 41.8 Å². The van der Waals surface area contributed by atoms with Crippen LogP contribution in [0, 0.1) is 12.3 Å². The molecule has 2 unspecified atom stereocenters. The maximum atomic E-state index is 13.7.